The first-order valence-corrected chi connectivity index (χ1v) is 7.62. The van der Waals surface area contributed by atoms with Gasteiger partial charge in [-0.3, -0.25) is 0 Å². The molecule has 2 atom stereocenters. The van der Waals surface area contributed by atoms with Gasteiger partial charge >= 0.3 is 0 Å². The molecule has 0 fully saturated rings. The van der Waals surface area contributed by atoms with Crippen LogP contribution in [0.4, 0.5) is 0 Å². The van der Waals surface area contributed by atoms with E-state index in [1.54, 1.807) is 7.11 Å². The molecule has 2 aromatic rings. The summed E-state index contributed by atoms with van der Waals surface area (Å²) in [6.45, 7) is 2.10. The Balaban J connectivity index is 1.76. The van der Waals surface area contributed by atoms with Gasteiger partial charge in [-0.05, 0) is 61.1 Å². The summed E-state index contributed by atoms with van der Waals surface area (Å²) >= 11 is 0. The van der Waals surface area contributed by atoms with Gasteiger partial charge in [0.15, 0.2) is 0 Å². The van der Waals surface area contributed by atoms with E-state index in [0.29, 0.717) is 12.0 Å². The van der Waals surface area contributed by atoms with E-state index < -0.39 is 0 Å². The van der Waals surface area contributed by atoms with E-state index in [-0.39, 0.29) is 0 Å². The normalized spacial score (nSPS) is 17.8. The molecule has 0 spiro atoms. The van der Waals surface area contributed by atoms with Crippen LogP contribution in [0.25, 0.3) is 0 Å². The van der Waals surface area contributed by atoms with Crippen molar-refractivity contribution in [1.82, 2.24) is 5.32 Å². The highest BCUT2D eigenvalue weighted by molar-refractivity contribution is 5.41. The summed E-state index contributed by atoms with van der Waals surface area (Å²) in [6, 6.07) is 15.7. The third-order valence-electron chi connectivity index (χ3n) is 4.65. The first kappa shape index (κ1) is 14.2. The maximum absolute atomic E-state index is 5.35. The van der Waals surface area contributed by atoms with Crippen molar-refractivity contribution in [2.24, 2.45) is 0 Å². The molecule has 0 heterocycles. The van der Waals surface area contributed by atoms with Gasteiger partial charge in [0.05, 0.1) is 7.11 Å². The fourth-order valence-electron chi connectivity index (χ4n) is 3.40. The van der Waals surface area contributed by atoms with Crippen LogP contribution in [-0.2, 0) is 6.42 Å². The Hall–Kier alpha value is -1.80. The zero-order valence-electron chi connectivity index (χ0n) is 13.0. The number of aryl methyl sites for hydroxylation is 1. The van der Waals surface area contributed by atoms with E-state index in [1.165, 1.54) is 28.7 Å². The van der Waals surface area contributed by atoms with E-state index in [4.69, 9.17) is 4.74 Å². The minimum Gasteiger partial charge on any atom is -0.496 e. The van der Waals surface area contributed by atoms with Gasteiger partial charge in [0.25, 0.3) is 0 Å². The van der Waals surface area contributed by atoms with Crippen LogP contribution in [-0.4, -0.2) is 14.2 Å². The van der Waals surface area contributed by atoms with Crippen LogP contribution in [0.1, 0.15) is 40.6 Å². The van der Waals surface area contributed by atoms with Crippen molar-refractivity contribution < 1.29 is 4.74 Å². The molecular formula is C19H23NO. The Labute approximate surface area is 127 Å². The molecule has 2 nitrogen and oxygen atoms in total. The first-order chi connectivity index (χ1) is 10.2. The zero-order valence-corrected chi connectivity index (χ0v) is 13.0. The third kappa shape index (κ3) is 2.68. The minimum atomic E-state index is 0.396. The van der Waals surface area contributed by atoms with Gasteiger partial charge < -0.3 is 10.1 Å². The molecular weight excluding hydrogens is 258 g/mol. The molecule has 0 aliphatic heterocycles. The number of benzene rings is 2. The summed E-state index contributed by atoms with van der Waals surface area (Å²) in [5.74, 6) is 1.64. The average Bonchev–Trinajstić information content (AvgIpc) is 2.48. The van der Waals surface area contributed by atoms with Crippen LogP contribution in [0.5, 0.6) is 5.75 Å². The number of hydrogen-bond acceptors (Lipinski definition) is 2. The van der Waals surface area contributed by atoms with Crippen LogP contribution < -0.4 is 10.1 Å². The molecule has 1 N–H and O–H groups in total. The summed E-state index contributed by atoms with van der Waals surface area (Å²) < 4.78 is 5.35. The summed E-state index contributed by atoms with van der Waals surface area (Å²) in [4.78, 5) is 0. The second-order valence-corrected chi connectivity index (χ2v) is 5.91. The number of nitrogens with one attached hydrogen (secondary N) is 1. The zero-order chi connectivity index (χ0) is 14.8. The van der Waals surface area contributed by atoms with Crippen molar-refractivity contribution >= 4 is 0 Å². The van der Waals surface area contributed by atoms with Crippen molar-refractivity contribution in [3.8, 4) is 5.75 Å². The molecule has 1 aliphatic rings. The minimum absolute atomic E-state index is 0.396. The smallest absolute Gasteiger partial charge is 0.121 e. The van der Waals surface area contributed by atoms with Crippen molar-refractivity contribution in [3.05, 3.63) is 64.7 Å². The highest BCUT2D eigenvalue weighted by atomic mass is 16.5. The highest BCUT2D eigenvalue weighted by Gasteiger charge is 2.28. The van der Waals surface area contributed by atoms with E-state index in [0.717, 1.165) is 12.2 Å². The quantitative estimate of drug-likeness (QED) is 0.894. The monoisotopic (exact) mass is 281 g/mol. The standard InChI is InChI=1S/C19H23NO/c1-13-10-15(8-9-19(13)21-3)18(20-2)12-16-11-14-6-4-5-7-17(14)16/h4-10,16,18,20H,11-12H2,1-3H3. The van der Waals surface area contributed by atoms with Gasteiger partial charge in [0, 0.05) is 6.04 Å². The largest absolute Gasteiger partial charge is 0.496 e. The van der Waals surface area contributed by atoms with Crippen molar-refractivity contribution in [1.29, 1.82) is 0 Å². The number of hydrogen-bond donors (Lipinski definition) is 1. The third-order valence-corrected chi connectivity index (χ3v) is 4.65. The lowest BCUT2D eigenvalue weighted by Gasteiger charge is -2.33. The molecule has 0 amide bonds. The maximum atomic E-state index is 5.35. The van der Waals surface area contributed by atoms with E-state index in [2.05, 4.69) is 61.8 Å². The van der Waals surface area contributed by atoms with Gasteiger partial charge in [0.2, 0.25) is 0 Å². The molecule has 0 saturated carbocycles. The lowest BCUT2D eigenvalue weighted by atomic mass is 9.74. The highest BCUT2D eigenvalue weighted by Crippen LogP contribution is 2.40. The van der Waals surface area contributed by atoms with Gasteiger partial charge in [-0.25, -0.2) is 0 Å². The van der Waals surface area contributed by atoms with E-state index >= 15 is 0 Å². The van der Waals surface area contributed by atoms with Gasteiger partial charge in [-0.1, -0.05) is 36.4 Å². The summed E-state index contributed by atoms with van der Waals surface area (Å²) in [5, 5.41) is 3.47. The second kappa shape index (κ2) is 5.90. The van der Waals surface area contributed by atoms with Crippen molar-refractivity contribution in [2.45, 2.75) is 31.7 Å². The Kier molecular flexibility index (Phi) is 3.98. The molecule has 0 aromatic heterocycles. The van der Waals surface area contributed by atoms with Crippen LogP contribution >= 0.6 is 0 Å². The van der Waals surface area contributed by atoms with Crippen molar-refractivity contribution in [3.63, 3.8) is 0 Å². The fourth-order valence-corrected chi connectivity index (χ4v) is 3.40. The average molecular weight is 281 g/mol. The lowest BCUT2D eigenvalue weighted by Crippen LogP contribution is -2.25. The topological polar surface area (TPSA) is 21.3 Å². The molecule has 1 aliphatic carbocycles. The molecule has 110 valence electrons. The summed E-state index contributed by atoms with van der Waals surface area (Å²) in [6.07, 6.45) is 2.36. The predicted octanol–water partition coefficient (Wildman–Crippen LogP) is 3.99. The Morgan fingerprint density at radius 1 is 1.24 bits per heavy atom. The van der Waals surface area contributed by atoms with Crippen LogP contribution in [0.15, 0.2) is 42.5 Å². The van der Waals surface area contributed by atoms with Gasteiger partial charge in [-0.15, -0.1) is 0 Å². The molecule has 0 bridgehead atoms. The predicted molar refractivity (Wildman–Crippen MR) is 87.0 cm³/mol. The Morgan fingerprint density at radius 2 is 2.05 bits per heavy atom. The Morgan fingerprint density at radius 3 is 2.71 bits per heavy atom. The Bertz CT molecular complexity index is 635. The molecule has 2 heteroatoms. The second-order valence-electron chi connectivity index (χ2n) is 5.91. The maximum Gasteiger partial charge on any atom is 0.121 e. The van der Waals surface area contributed by atoms with Crippen LogP contribution in [0, 0.1) is 6.92 Å². The number of methoxy groups -OCH3 is 1. The molecule has 3 rings (SSSR count). The summed E-state index contributed by atoms with van der Waals surface area (Å²) in [7, 11) is 3.78. The van der Waals surface area contributed by atoms with E-state index in [9.17, 15) is 0 Å². The van der Waals surface area contributed by atoms with Crippen LogP contribution in [0.3, 0.4) is 0 Å². The first-order valence-electron chi connectivity index (χ1n) is 7.62. The van der Waals surface area contributed by atoms with Gasteiger partial charge in [-0.2, -0.15) is 0 Å². The molecule has 21 heavy (non-hydrogen) atoms. The van der Waals surface area contributed by atoms with Crippen LogP contribution in [0.2, 0.25) is 0 Å². The number of rotatable bonds is 5. The molecule has 2 aromatic carbocycles. The number of fused-ring (bicyclic) bond motifs is 1. The van der Waals surface area contributed by atoms with Crippen molar-refractivity contribution in [2.75, 3.05) is 14.2 Å². The summed E-state index contributed by atoms with van der Waals surface area (Å²) in [5.41, 5.74) is 5.59. The fraction of sp³-hybridized carbons (Fsp3) is 0.368. The van der Waals surface area contributed by atoms with Gasteiger partial charge in [0.1, 0.15) is 5.75 Å². The molecule has 0 saturated heterocycles. The van der Waals surface area contributed by atoms with E-state index in [1.807, 2.05) is 0 Å². The SMILES string of the molecule is CNC(CC1Cc2ccccc21)c1ccc(OC)c(C)c1. The lowest BCUT2D eigenvalue weighted by molar-refractivity contribution is 0.410. The molecule has 0 radical (unpaired) electrons. The number of ether oxygens (including phenoxy) is 1. The molecule has 2 unspecified atom stereocenters.